The van der Waals surface area contributed by atoms with Crippen LogP contribution in [0.25, 0.3) is 0 Å². The molecule has 104 valence electrons. The van der Waals surface area contributed by atoms with Crippen molar-refractivity contribution in [1.82, 2.24) is 0 Å². The summed E-state index contributed by atoms with van der Waals surface area (Å²) in [5, 5.41) is 0. The first-order valence-electron chi connectivity index (χ1n) is 5.80. The number of nitrogen functional groups attached to an aromatic ring is 1. The molecule has 5 nitrogen and oxygen atoms in total. The second-order valence-electron chi connectivity index (χ2n) is 3.97. The van der Waals surface area contributed by atoms with Gasteiger partial charge in [0.1, 0.15) is 5.82 Å². The minimum Gasteiger partial charge on any atom is -0.463 e. The number of carbonyl (C=O) groups excluding carboxylic acids is 2. The summed E-state index contributed by atoms with van der Waals surface area (Å²) in [5.41, 5.74) is 5.92. The zero-order valence-electron chi connectivity index (χ0n) is 11.0. The van der Waals surface area contributed by atoms with Gasteiger partial charge in [-0.15, -0.1) is 0 Å². The molecule has 1 aromatic rings. The second-order valence-corrected chi connectivity index (χ2v) is 3.97. The molecule has 0 heterocycles. The largest absolute Gasteiger partial charge is 0.463 e. The highest BCUT2D eigenvalue weighted by molar-refractivity contribution is 5.92. The maximum atomic E-state index is 13.4. The smallest absolute Gasteiger partial charge is 0.347 e. The highest BCUT2D eigenvalue weighted by atomic mass is 19.1. The number of ether oxygens (including phenoxy) is 2. The van der Waals surface area contributed by atoms with Gasteiger partial charge in [0.15, 0.2) is 6.10 Å². The third-order valence-corrected chi connectivity index (χ3v) is 2.52. The van der Waals surface area contributed by atoms with Crippen molar-refractivity contribution in [3.8, 4) is 0 Å². The van der Waals surface area contributed by atoms with Gasteiger partial charge in [-0.05, 0) is 32.9 Å². The minimum absolute atomic E-state index is 0.0447. The molecule has 0 amide bonds. The molecule has 1 atom stereocenters. The molecule has 6 heteroatoms. The average Bonchev–Trinajstić information content (AvgIpc) is 2.35. The first kappa shape index (κ1) is 14.9. The van der Waals surface area contributed by atoms with Gasteiger partial charge in [-0.25, -0.2) is 14.0 Å². The number of halogens is 1. The average molecular weight is 269 g/mol. The quantitative estimate of drug-likeness (QED) is 0.666. The molecule has 0 saturated carbocycles. The van der Waals surface area contributed by atoms with E-state index in [0.717, 1.165) is 6.07 Å². The number of hydrogen-bond acceptors (Lipinski definition) is 5. The zero-order valence-corrected chi connectivity index (χ0v) is 11.0. The van der Waals surface area contributed by atoms with E-state index in [1.54, 1.807) is 6.92 Å². The van der Waals surface area contributed by atoms with E-state index < -0.39 is 23.9 Å². The Kier molecular flexibility index (Phi) is 4.86. The van der Waals surface area contributed by atoms with E-state index in [4.69, 9.17) is 15.2 Å². The molecular formula is C13H16FNO4. The summed E-state index contributed by atoms with van der Waals surface area (Å²) in [7, 11) is 0. The fourth-order valence-electron chi connectivity index (χ4n) is 1.35. The van der Waals surface area contributed by atoms with Crippen molar-refractivity contribution in [2.24, 2.45) is 0 Å². The molecule has 0 radical (unpaired) electrons. The highest BCUT2D eigenvalue weighted by Crippen LogP contribution is 2.18. The number of rotatable bonds is 4. The molecule has 19 heavy (non-hydrogen) atoms. The zero-order chi connectivity index (χ0) is 14.6. The molecule has 0 fully saturated rings. The van der Waals surface area contributed by atoms with Crippen molar-refractivity contribution in [2.75, 3.05) is 12.3 Å². The number of anilines is 1. The first-order chi connectivity index (χ1) is 8.86. The Bertz CT molecular complexity index is 478. The summed E-state index contributed by atoms with van der Waals surface area (Å²) < 4.78 is 23.0. The molecule has 0 aliphatic rings. The molecule has 1 rings (SSSR count). The number of esters is 2. The lowest BCUT2D eigenvalue weighted by molar-refractivity contribution is -0.152. The van der Waals surface area contributed by atoms with Crippen LogP contribution in [0.3, 0.4) is 0 Å². The monoisotopic (exact) mass is 269 g/mol. The third kappa shape index (κ3) is 3.67. The predicted octanol–water partition coefficient (Wildman–Crippen LogP) is 1.82. The first-order valence-corrected chi connectivity index (χ1v) is 5.80. The summed E-state index contributed by atoms with van der Waals surface area (Å²) in [6.07, 6.45) is -1.06. The summed E-state index contributed by atoms with van der Waals surface area (Å²) in [4.78, 5) is 23.0. The van der Waals surface area contributed by atoms with Gasteiger partial charge in [-0.3, -0.25) is 0 Å². The maximum absolute atomic E-state index is 13.4. The minimum atomic E-state index is -1.06. The molecule has 1 aromatic carbocycles. The molecule has 0 aromatic heterocycles. The van der Waals surface area contributed by atoms with Crippen LogP contribution in [0.5, 0.6) is 0 Å². The molecule has 0 aliphatic heterocycles. The van der Waals surface area contributed by atoms with E-state index in [1.807, 2.05) is 0 Å². The van der Waals surface area contributed by atoms with E-state index in [-0.39, 0.29) is 23.4 Å². The van der Waals surface area contributed by atoms with Crippen LogP contribution in [0.1, 0.15) is 29.8 Å². The van der Waals surface area contributed by atoms with E-state index in [0.29, 0.717) is 0 Å². The van der Waals surface area contributed by atoms with Gasteiger partial charge in [0.05, 0.1) is 12.2 Å². The van der Waals surface area contributed by atoms with Crippen LogP contribution in [0.15, 0.2) is 12.1 Å². The van der Waals surface area contributed by atoms with Crippen molar-refractivity contribution in [3.05, 3.63) is 29.1 Å². The van der Waals surface area contributed by atoms with Gasteiger partial charge in [-0.2, -0.15) is 0 Å². The Morgan fingerprint density at radius 2 is 2.05 bits per heavy atom. The van der Waals surface area contributed by atoms with E-state index >= 15 is 0 Å². The normalized spacial score (nSPS) is 11.8. The van der Waals surface area contributed by atoms with Gasteiger partial charge in [-0.1, -0.05) is 0 Å². The fourth-order valence-corrected chi connectivity index (χ4v) is 1.35. The Hall–Kier alpha value is -2.11. The van der Waals surface area contributed by atoms with Crippen LogP contribution < -0.4 is 5.73 Å². The van der Waals surface area contributed by atoms with Gasteiger partial charge in [0.25, 0.3) is 0 Å². The molecular weight excluding hydrogens is 253 g/mol. The Morgan fingerprint density at radius 1 is 1.42 bits per heavy atom. The van der Waals surface area contributed by atoms with Crippen LogP contribution in [-0.4, -0.2) is 24.6 Å². The lowest BCUT2D eigenvalue weighted by atomic mass is 10.1. The third-order valence-electron chi connectivity index (χ3n) is 2.52. The van der Waals surface area contributed by atoms with Crippen molar-refractivity contribution in [2.45, 2.75) is 26.9 Å². The number of nitrogens with two attached hydrogens (primary N) is 1. The van der Waals surface area contributed by atoms with E-state index in [9.17, 15) is 14.0 Å². The Balaban J connectivity index is 2.82. The van der Waals surface area contributed by atoms with Gasteiger partial charge >= 0.3 is 11.9 Å². The van der Waals surface area contributed by atoms with Crippen molar-refractivity contribution in [3.63, 3.8) is 0 Å². The van der Waals surface area contributed by atoms with Gasteiger partial charge in [0.2, 0.25) is 0 Å². The van der Waals surface area contributed by atoms with E-state index in [2.05, 4.69) is 0 Å². The topological polar surface area (TPSA) is 78.6 Å². The Morgan fingerprint density at radius 3 is 2.58 bits per heavy atom. The lowest BCUT2D eigenvalue weighted by Crippen LogP contribution is -2.26. The number of benzene rings is 1. The van der Waals surface area contributed by atoms with Gasteiger partial charge in [0, 0.05) is 11.3 Å². The van der Waals surface area contributed by atoms with Crippen molar-refractivity contribution in [1.29, 1.82) is 0 Å². The van der Waals surface area contributed by atoms with Crippen molar-refractivity contribution >= 4 is 17.6 Å². The number of hydrogen-bond donors (Lipinski definition) is 1. The van der Waals surface area contributed by atoms with Crippen LogP contribution in [0, 0.1) is 12.7 Å². The standard InChI is InChI=1S/C13H16FNO4/c1-4-18-12(16)8(3)19-13(17)9-5-10(14)7(2)11(15)6-9/h5-6,8H,4,15H2,1-3H3. The molecule has 2 N–H and O–H groups in total. The fraction of sp³-hybridized carbons (Fsp3) is 0.385. The van der Waals surface area contributed by atoms with Gasteiger partial charge < -0.3 is 15.2 Å². The van der Waals surface area contributed by atoms with Crippen molar-refractivity contribution < 1.29 is 23.5 Å². The lowest BCUT2D eigenvalue weighted by Gasteiger charge is -2.12. The molecule has 1 unspecified atom stereocenters. The Labute approximate surface area is 110 Å². The van der Waals surface area contributed by atoms with Crippen LogP contribution in [0.2, 0.25) is 0 Å². The maximum Gasteiger partial charge on any atom is 0.347 e. The van der Waals surface area contributed by atoms with Crippen LogP contribution in [0.4, 0.5) is 10.1 Å². The summed E-state index contributed by atoms with van der Waals surface area (Å²) in [5.74, 6) is -2.08. The van der Waals surface area contributed by atoms with Crippen LogP contribution >= 0.6 is 0 Å². The SMILES string of the molecule is CCOC(=O)C(C)OC(=O)c1cc(N)c(C)c(F)c1. The highest BCUT2D eigenvalue weighted by Gasteiger charge is 2.21. The number of carbonyl (C=O) groups is 2. The predicted molar refractivity (Wildman–Crippen MR) is 67.1 cm³/mol. The summed E-state index contributed by atoms with van der Waals surface area (Å²) in [6.45, 7) is 4.71. The summed E-state index contributed by atoms with van der Waals surface area (Å²) >= 11 is 0. The molecule has 0 aliphatic carbocycles. The van der Waals surface area contributed by atoms with Crippen LogP contribution in [-0.2, 0) is 14.3 Å². The second kappa shape index (κ2) is 6.17. The molecule has 0 saturated heterocycles. The van der Waals surface area contributed by atoms with E-state index in [1.165, 1.54) is 19.9 Å². The molecule has 0 spiro atoms. The molecule has 0 bridgehead atoms. The summed E-state index contributed by atoms with van der Waals surface area (Å²) in [6, 6.07) is 2.32.